The summed E-state index contributed by atoms with van der Waals surface area (Å²) in [5.74, 6) is 0.862. The lowest BCUT2D eigenvalue weighted by Gasteiger charge is -2.29. The van der Waals surface area contributed by atoms with Crippen LogP contribution in [0.2, 0.25) is 0 Å². The molecule has 1 fully saturated rings. The Bertz CT molecular complexity index is 554. The monoisotopic (exact) mass is 308 g/mol. The normalized spacial score (nSPS) is 16.3. The predicted molar refractivity (Wildman–Crippen MR) is 85.0 cm³/mol. The number of amides is 1. The molecule has 1 aromatic carbocycles. The number of benzene rings is 1. The van der Waals surface area contributed by atoms with Crippen LogP contribution in [0.5, 0.6) is 11.5 Å². The molecule has 0 bridgehead atoms. The van der Waals surface area contributed by atoms with E-state index < -0.39 is 5.54 Å². The molecule has 1 aromatic rings. The minimum Gasteiger partial charge on any atom is -0.497 e. The van der Waals surface area contributed by atoms with Gasteiger partial charge in [-0.1, -0.05) is 25.1 Å². The molecule has 6 heteroatoms. The van der Waals surface area contributed by atoms with E-state index in [9.17, 15) is 4.79 Å². The fourth-order valence-corrected chi connectivity index (χ4v) is 2.94. The quantitative estimate of drug-likeness (QED) is 0.814. The lowest BCUT2D eigenvalue weighted by molar-refractivity contribution is 0.0921. The fraction of sp³-hybridized carbons (Fsp3) is 0.467. The molecule has 1 saturated carbocycles. The van der Waals surface area contributed by atoms with E-state index in [1.165, 1.54) is 7.11 Å². The molecule has 0 heterocycles. The molecule has 0 aliphatic heterocycles. The smallest absolute Gasteiger partial charge is 0.255 e. The van der Waals surface area contributed by atoms with Crippen molar-refractivity contribution in [2.24, 2.45) is 5.73 Å². The highest BCUT2D eigenvalue weighted by Gasteiger charge is 2.38. The summed E-state index contributed by atoms with van der Waals surface area (Å²) >= 11 is 5.15. The van der Waals surface area contributed by atoms with Crippen molar-refractivity contribution in [1.29, 1.82) is 0 Å². The van der Waals surface area contributed by atoms with E-state index >= 15 is 0 Å². The predicted octanol–water partition coefficient (Wildman–Crippen LogP) is 2.03. The second-order valence-electron chi connectivity index (χ2n) is 5.17. The van der Waals surface area contributed by atoms with Crippen molar-refractivity contribution in [3.05, 3.63) is 23.8 Å². The molecule has 1 amide bonds. The fourth-order valence-electron chi connectivity index (χ4n) is 2.68. The van der Waals surface area contributed by atoms with E-state index in [-0.39, 0.29) is 5.91 Å². The van der Waals surface area contributed by atoms with Crippen LogP contribution in [0.3, 0.4) is 0 Å². The van der Waals surface area contributed by atoms with Gasteiger partial charge in [-0.3, -0.25) is 4.79 Å². The molecule has 2 rings (SSSR count). The summed E-state index contributed by atoms with van der Waals surface area (Å²) in [4.78, 5) is 12.9. The Balaban J connectivity index is 2.26. The highest BCUT2D eigenvalue weighted by Crippen LogP contribution is 2.31. The summed E-state index contributed by atoms with van der Waals surface area (Å²) in [6.45, 7) is 0. The maximum atomic E-state index is 12.5. The number of hydrogen-bond donors (Lipinski definition) is 2. The second-order valence-corrected chi connectivity index (χ2v) is 5.61. The zero-order valence-corrected chi connectivity index (χ0v) is 13.1. The van der Waals surface area contributed by atoms with E-state index in [0.29, 0.717) is 22.1 Å². The Hall–Kier alpha value is -1.82. The molecule has 1 aliphatic carbocycles. The first-order chi connectivity index (χ1) is 10.0. The third kappa shape index (κ3) is 3.10. The summed E-state index contributed by atoms with van der Waals surface area (Å²) in [5.41, 5.74) is 5.71. The maximum Gasteiger partial charge on any atom is 0.255 e. The molecule has 0 atom stereocenters. The van der Waals surface area contributed by atoms with Crippen LogP contribution in [0.1, 0.15) is 36.0 Å². The molecule has 0 aromatic heterocycles. The number of rotatable bonds is 5. The van der Waals surface area contributed by atoms with E-state index in [1.807, 2.05) is 0 Å². The Morgan fingerprint density at radius 3 is 2.48 bits per heavy atom. The Kier molecular flexibility index (Phi) is 4.67. The molecule has 0 radical (unpaired) electrons. The largest absolute Gasteiger partial charge is 0.497 e. The zero-order valence-electron chi connectivity index (χ0n) is 12.3. The molecular weight excluding hydrogens is 288 g/mol. The van der Waals surface area contributed by atoms with E-state index in [0.717, 1.165) is 25.7 Å². The van der Waals surface area contributed by atoms with Gasteiger partial charge in [-0.15, -0.1) is 0 Å². The van der Waals surface area contributed by atoms with Gasteiger partial charge in [0.25, 0.3) is 5.91 Å². The first-order valence-corrected chi connectivity index (χ1v) is 7.28. The van der Waals surface area contributed by atoms with Gasteiger partial charge in [0.2, 0.25) is 0 Å². The number of nitrogens with two attached hydrogens (primary N) is 1. The van der Waals surface area contributed by atoms with Crippen molar-refractivity contribution in [2.45, 2.75) is 31.2 Å². The minimum absolute atomic E-state index is 0.232. The number of carbonyl (C=O) groups excluding carboxylic acids is 1. The van der Waals surface area contributed by atoms with Crippen molar-refractivity contribution in [3.63, 3.8) is 0 Å². The van der Waals surface area contributed by atoms with Crippen LogP contribution in [0.15, 0.2) is 18.2 Å². The van der Waals surface area contributed by atoms with Gasteiger partial charge in [-0.2, -0.15) is 0 Å². The van der Waals surface area contributed by atoms with Crippen molar-refractivity contribution in [2.75, 3.05) is 14.2 Å². The van der Waals surface area contributed by atoms with Gasteiger partial charge in [0.05, 0.1) is 30.3 Å². The van der Waals surface area contributed by atoms with E-state index in [4.69, 9.17) is 27.4 Å². The van der Waals surface area contributed by atoms with E-state index in [2.05, 4.69) is 5.32 Å². The highest BCUT2D eigenvalue weighted by molar-refractivity contribution is 7.80. The molecule has 0 unspecified atom stereocenters. The first kappa shape index (κ1) is 15.6. The van der Waals surface area contributed by atoms with Crippen molar-refractivity contribution < 1.29 is 14.3 Å². The first-order valence-electron chi connectivity index (χ1n) is 6.87. The average Bonchev–Trinajstić information content (AvgIpc) is 2.96. The SMILES string of the molecule is COc1ccc(C(=O)NC2(C(N)=S)CCCC2)c(OC)c1. The van der Waals surface area contributed by atoms with Gasteiger partial charge in [0.1, 0.15) is 11.5 Å². The molecule has 0 saturated heterocycles. The van der Waals surface area contributed by atoms with Crippen LogP contribution in [-0.4, -0.2) is 30.7 Å². The van der Waals surface area contributed by atoms with Gasteiger partial charge >= 0.3 is 0 Å². The van der Waals surface area contributed by atoms with Crippen molar-refractivity contribution >= 4 is 23.1 Å². The van der Waals surface area contributed by atoms with E-state index in [1.54, 1.807) is 25.3 Å². The van der Waals surface area contributed by atoms with Gasteiger partial charge in [-0.05, 0) is 25.0 Å². The van der Waals surface area contributed by atoms with Crippen LogP contribution in [0.25, 0.3) is 0 Å². The summed E-state index contributed by atoms with van der Waals surface area (Å²) in [6, 6.07) is 5.08. The lowest BCUT2D eigenvalue weighted by Crippen LogP contribution is -2.54. The minimum atomic E-state index is -0.572. The summed E-state index contributed by atoms with van der Waals surface area (Å²) in [6.07, 6.45) is 3.59. The number of thiocarbonyl (C=S) groups is 1. The number of ether oxygens (including phenoxy) is 2. The molecule has 1 aliphatic rings. The molecule has 3 N–H and O–H groups in total. The van der Waals surface area contributed by atoms with Gasteiger partial charge in [-0.25, -0.2) is 0 Å². The number of nitrogens with one attached hydrogen (secondary N) is 1. The van der Waals surface area contributed by atoms with Crippen LogP contribution < -0.4 is 20.5 Å². The zero-order chi connectivity index (χ0) is 15.5. The van der Waals surface area contributed by atoms with Crippen LogP contribution >= 0.6 is 12.2 Å². The standard InChI is InChI=1S/C15H20N2O3S/c1-19-10-5-6-11(12(9-10)20-2)13(18)17-15(14(16)21)7-3-4-8-15/h5-6,9H,3-4,7-8H2,1-2H3,(H2,16,21)(H,17,18). The third-order valence-electron chi connectivity index (χ3n) is 3.93. The van der Waals surface area contributed by atoms with Gasteiger partial charge in [0.15, 0.2) is 0 Å². The summed E-state index contributed by atoms with van der Waals surface area (Å²) in [7, 11) is 3.08. The van der Waals surface area contributed by atoms with Crippen LogP contribution in [0.4, 0.5) is 0 Å². The topological polar surface area (TPSA) is 73.6 Å². The Morgan fingerprint density at radius 2 is 1.95 bits per heavy atom. The lowest BCUT2D eigenvalue weighted by atomic mass is 9.97. The molecular formula is C15H20N2O3S. The van der Waals surface area contributed by atoms with Crippen molar-refractivity contribution in [3.8, 4) is 11.5 Å². The highest BCUT2D eigenvalue weighted by atomic mass is 32.1. The van der Waals surface area contributed by atoms with Gasteiger partial charge < -0.3 is 20.5 Å². The average molecular weight is 308 g/mol. The number of methoxy groups -OCH3 is 2. The Morgan fingerprint density at radius 1 is 1.29 bits per heavy atom. The number of carbonyl (C=O) groups is 1. The molecule has 0 spiro atoms. The number of hydrogen-bond acceptors (Lipinski definition) is 4. The Labute approximate surface area is 129 Å². The van der Waals surface area contributed by atoms with Crippen LogP contribution in [-0.2, 0) is 0 Å². The van der Waals surface area contributed by atoms with Gasteiger partial charge in [0, 0.05) is 6.07 Å². The third-order valence-corrected chi connectivity index (χ3v) is 4.33. The maximum absolute atomic E-state index is 12.5. The van der Waals surface area contributed by atoms with Crippen molar-refractivity contribution in [1.82, 2.24) is 5.32 Å². The van der Waals surface area contributed by atoms with Crippen LogP contribution in [0, 0.1) is 0 Å². The molecule has 5 nitrogen and oxygen atoms in total. The summed E-state index contributed by atoms with van der Waals surface area (Å²) in [5, 5.41) is 2.99. The molecule has 114 valence electrons. The molecule has 21 heavy (non-hydrogen) atoms. The second kappa shape index (κ2) is 6.30. The summed E-state index contributed by atoms with van der Waals surface area (Å²) < 4.78 is 10.4.